The molecule has 1 aliphatic heterocycles. The summed E-state index contributed by atoms with van der Waals surface area (Å²) < 4.78 is 5.94. The summed E-state index contributed by atoms with van der Waals surface area (Å²) in [5.74, 6) is 0.244. The van der Waals surface area contributed by atoms with Gasteiger partial charge in [-0.2, -0.15) is 0 Å². The van der Waals surface area contributed by atoms with Crippen LogP contribution in [0.5, 0.6) is 5.75 Å². The molecule has 1 saturated heterocycles. The third-order valence-corrected chi connectivity index (χ3v) is 5.24. The second-order valence-electron chi connectivity index (χ2n) is 5.47. The third-order valence-electron chi connectivity index (χ3n) is 4.07. The van der Waals surface area contributed by atoms with Crippen LogP contribution in [0.25, 0.3) is 21.0 Å². The van der Waals surface area contributed by atoms with Crippen LogP contribution in [-0.2, 0) is 11.3 Å². The zero-order valence-electron chi connectivity index (χ0n) is 12.0. The molecule has 3 heterocycles. The smallest absolute Gasteiger partial charge is 0.266 e. The number of ether oxygens (including phenoxy) is 1. The second-order valence-corrected chi connectivity index (χ2v) is 6.57. The fourth-order valence-electron chi connectivity index (χ4n) is 2.94. The molecule has 0 radical (unpaired) electrons. The number of aromatic amines is 1. The highest BCUT2D eigenvalue weighted by Crippen LogP contribution is 2.39. The molecule has 1 aromatic carbocycles. The number of thiophene rings is 1. The lowest BCUT2D eigenvalue weighted by Gasteiger charge is -2.25. The zero-order valence-corrected chi connectivity index (χ0v) is 12.8. The molecule has 0 atom stereocenters. The fraction of sp³-hybridized carbons (Fsp3) is 0.312. The summed E-state index contributed by atoms with van der Waals surface area (Å²) in [5, 5.41) is 12.2. The maximum atomic E-state index is 12.3. The second kappa shape index (κ2) is 5.39. The SMILES string of the molecule is O=c1[nH]c2ccccc2c2c(O)c(CN3CCOCC3)sc12. The van der Waals surface area contributed by atoms with Crippen molar-refractivity contribution in [1.29, 1.82) is 0 Å². The van der Waals surface area contributed by atoms with Crippen LogP contribution in [-0.4, -0.2) is 41.3 Å². The van der Waals surface area contributed by atoms with Crippen molar-refractivity contribution in [3.05, 3.63) is 39.5 Å². The molecule has 1 aliphatic rings. The normalized spacial score (nSPS) is 16.5. The molecule has 2 aromatic heterocycles. The minimum atomic E-state index is -0.137. The molecule has 0 amide bonds. The molecule has 22 heavy (non-hydrogen) atoms. The summed E-state index contributed by atoms with van der Waals surface area (Å²) in [7, 11) is 0. The fourth-order valence-corrected chi connectivity index (χ4v) is 4.08. The Morgan fingerprint density at radius 2 is 2.05 bits per heavy atom. The minimum Gasteiger partial charge on any atom is -0.506 e. The van der Waals surface area contributed by atoms with Crippen molar-refractivity contribution in [3.63, 3.8) is 0 Å². The molecule has 0 bridgehead atoms. The Morgan fingerprint density at radius 3 is 2.86 bits per heavy atom. The van der Waals surface area contributed by atoms with Gasteiger partial charge in [-0.3, -0.25) is 9.69 Å². The van der Waals surface area contributed by atoms with E-state index in [1.807, 2.05) is 24.3 Å². The van der Waals surface area contributed by atoms with E-state index in [2.05, 4.69) is 9.88 Å². The van der Waals surface area contributed by atoms with Crippen molar-refractivity contribution >= 4 is 32.3 Å². The van der Waals surface area contributed by atoms with Crippen LogP contribution in [0.4, 0.5) is 0 Å². The number of nitrogens with zero attached hydrogens (tertiary/aromatic N) is 1. The summed E-state index contributed by atoms with van der Waals surface area (Å²) in [6, 6.07) is 7.58. The summed E-state index contributed by atoms with van der Waals surface area (Å²) in [6.45, 7) is 3.79. The number of hydrogen-bond donors (Lipinski definition) is 2. The van der Waals surface area contributed by atoms with Gasteiger partial charge in [-0.1, -0.05) is 18.2 Å². The molecular weight excluding hydrogens is 300 g/mol. The first-order valence-corrected chi connectivity index (χ1v) is 8.11. The van der Waals surface area contributed by atoms with Gasteiger partial charge in [0.05, 0.1) is 18.1 Å². The number of aromatic hydroxyl groups is 1. The van der Waals surface area contributed by atoms with E-state index >= 15 is 0 Å². The Morgan fingerprint density at radius 1 is 1.27 bits per heavy atom. The first-order chi connectivity index (χ1) is 10.7. The number of nitrogens with one attached hydrogen (secondary N) is 1. The molecule has 114 valence electrons. The Kier molecular flexibility index (Phi) is 3.37. The van der Waals surface area contributed by atoms with Crippen molar-refractivity contribution in [2.75, 3.05) is 26.3 Å². The van der Waals surface area contributed by atoms with Crippen LogP contribution in [0.1, 0.15) is 4.88 Å². The quantitative estimate of drug-likeness (QED) is 0.761. The predicted molar refractivity (Wildman–Crippen MR) is 87.7 cm³/mol. The highest BCUT2D eigenvalue weighted by atomic mass is 32.1. The van der Waals surface area contributed by atoms with Gasteiger partial charge in [0.1, 0.15) is 10.4 Å². The van der Waals surface area contributed by atoms with E-state index in [4.69, 9.17) is 4.74 Å². The van der Waals surface area contributed by atoms with Crippen LogP contribution in [0, 0.1) is 0 Å². The molecule has 0 unspecified atom stereocenters. The zero-order chi connectivity index (χ0) is 15.1. The van der Waals surface area contributed by atoms with Gasteiger partial charge in [-0.25, -0.2) is 0 Å². The number of pyridine rings is 1. The number of fused-ring (bicyclic) bond motifs is 3. The van der Waals surface area contributed by atoms with Crippen molar-refractivity contribution in [3.8, 4) is 5.75 Å². The molecule has 3 aromatic rings. The van der Waals surface area contributed by atoms with Gasteiger partial charge < -0.3 is 14.8 Å². The average Bonchev–Trinajstić information content (AvgIpc) is 2.87. The maximum Gasteiger partial charge on any atom is 0.266 e. The van der Waals surface area contributed by atoms with E-state index in [1.165, 1.54) is 11.3 Å². The summed E-state index contributed by atoms with van der Waals surface area (Å²) in [5.41, 5.74) is 0.619. The van der Waals surface area contributed by atoms with E-state index in [9.17, 15) is 9.90 Å². The summed E-state index contributed by atoms with van der Waals surface area (Å²) >= 11 is 1.38. The molecule has 5 nitrogen and oxygen atoms in total. The van der Waals surface area contributed by atoms with Gasteiger partial charge in [-0.05, 0) is 6.07 Å². The third kappa shape index (κ3) is 2.20. The van der Waals surface area contributed by atoms with Gasteiger partial charge in [0, 0.05) is 35.9 Å². The lowest BCUT2D eigenvalue weighted by atomic mass is 10.1. The highest BCUT2D eigenvalue weighted by molar-refractivity contribution is 7.19. The largest absolute Gasteiger partial charge is 0.506 e. The monoisotopic (exact) mass is 316 g/mol. The summed E-state index contributed by atoms with van der Waals surface area (Å²) in [4.78, 5) is 18.2. The number of para-hydroxylation sites is 1. The molecule has 4 rings (SSSR count). The Balaban J connectivity index is 1.87. The van der Waals surface area contributed by atoms with E-state index < -0.39 is 0 Å². The van der Waals surface area contributed by atoms with Gasteiger partial charge in [0.2, 0.25) is 0 Å². The first-order valence-electron chi connectivity index (χ1n) is 7.29. The number of morpholine rings is 1. The average molecular weight is 316 g/mol. The van der Waals surface area contributed by atoms with Crippen LogP contribution in [0.3, 0.4) is 0 Å². The van der Waals surface area contributed by atoms with E-state index in [0.717, 1.165) is 42.1 Å². The van der Waals surface area contributed by atoms with Gasteiger partial charge in [0.15, 0.2) is 0 Å². The predicted octanol–water partition coefficient (Wildman–Crippen LogP) is 2.28. The van der Waals surface area contributed by atoms with E-state index in [1.54, 1.807) is 0 Å². The standard InChI is InChI=1S/C16H16N2O3S/c19-14-12(9-18-5-7-21-8-6-18)22-15-13(14)10-3-1-2-4-11(10)17-16(15)20/h1-4,19H,5-9H2,(H,17,20). The minimum absolute atomic E-state index is 0.137. The van der Waals surface area contributed by atoms with Gasteiger partial charge in [0.25, 0.3) is 5.56 Å². The topological polar surface area (TPSA) is 65.6 Å². The van der Waals surface area contributed by atoms with E-state index in [-0.39, 0.29) is 11.3 Å². The van der Waals surface area contributed by atoms with Crippen LogP contribution >= 0.6 is 11.3 Å². The maximum absolute atomic E-state index is 12.3. The lowest BCUT2D eigenvalue weighted by Crippen LogP contribution is -2.35. The van der Waals surface area contributed by atoms with Crippen LogP contribution < -0.4 is 5.56 Å². The number of aromatic nitrogens is 1. The Hall–Kier alpha value is -1.89. The molecule has 2 N–H and O–H groups in total. The van der Waals surface area contributed by atoms with Crippen LogP contribution in [0.2, 0.25) is 0 Å². The van der Waals surface area contributed by atoms with Gasteiger partial charge in [-0.15, -0.1) is 11.3 Å². The number of benzene rings is 1. The van der Waals surface area contributed by atoms with Crippen molar-refractivity contribution in [2.45, 2.75) is 6.54 Å². The van der Waals surface area contributed by atoms with Crippen molar-refractivity contribution < 1.29 is 9.84 Å². The molecule has 0 spiro atoms. The first kappa shape index (κ1) is 13.8. The van der Waals surface area contributed by atoms with E-state index in [0.29, 0.717) is 16.6 Å². The summed E-state index contributed by atoms with van der Waals surface area (Å²) in [6.07, 6.45) is 0. The van der Waals surface area contributed by atoms with Crippen molar-refractivity contribution in [2.24, 2.45) is 0 Å². The molecule has 0 saturated carbocycles. The Labute approximate surface area is 130 Å². The molecule has 0 aliphatic carbocycles. The number of H-pyrrole nitrogens is 1. The van der Waals surface area contributed by atoms with Crippen molar-refractivity contribution in [1.82, 2.24) is 9.88 Å². The molecular formula is C16H16N2O3S. The highest BCUT2D eigenvalue weighted by Gasteiger charge is 2.20. The Bertz CT molecular complexity index is 893. The number of rotatable bonds is 2. The van der Waals surface area contributed by atoms with Crippen LogP contribution in [0.15, 0.2) is 29.1 Å². The number of hydrogen-bond acceptors (Lipinski definition) is 5. The molecule has 6 heteroatoms. The lowest BCUT2D eigenvalue weighted by molar-refractivity contribution is 0.0344. The van der Waals surface area contributed by atoms with Gasteiger partial charge >= 0.3 is 0 Å². The molecule has 1 fully saturated rings.